The molecule has 2 heterocycles. The highest BCUT2D eigenvalue weighted by Gasteiger charge is 2.07. The van der Waals surface area contributed by atoms with Crippen molar-refractivity contribution < 1.29 is 0 Å². The van der Waals surface area contributed by atoms with Crippen molar-refractivity contribution in [1.29, 1.82) is 0 Å². The second-order valence-electron chi connectivity index (χ2n) is 4.25. The number of aromatic nitrogens is 2. The number of nitrogens with zero attached hydrogens (tertiary/aromatic N) is 2. The van der Waals surface area contributed by atoms with Crippen molar-refractivity contribution in [2.24, 2.45) is 0 Å². The van der Waals surface area contributed by atoms with Crippen molar-refractivity contribution in [2.75, 3.05) is 5.73 Å². The summed E-state index contributed by atoms with van der Waals surface area (Å²) in [7, 11) is 0. The normalized spacial score (nSPS) is 10.5. The molecular formula is C15H13N3S. The Morgan fingerprint density at radius 2 is 1.84 bits per heavy atom. The molecule has 0 aliphatic carbocycles. The molecule has 94 valence electrons. The predicted molar refractivity (Wildman–Crippen MR) is 79.0 cm³/mol. The van der Waals surface area contributed by atoms with Crippen molar-refractivity contribution in [1.82, 2.24) is 9.97 Å². The van der Waals surface area contributed by atoms with E-state index in [2.05, 4.69) is 15.3 Å². The molecule has 4 heteroatoms. The van der Waals surface area contributed by atoms with Gasteiger partial charge in [-0.3, -0.25) is 4.98 Å². The average molecular weight is 267 g/mol. The molecule has 1 aromatic carbocycles. The highest BCUT2D eigenvalue weighted by Crippen LogP contribution is 2.27. The van der Waals surface area contributed by atoms with Crippen LogP contribution in [0.25, 0.3) is 11.3 Å². The van der Waals surface area contributed by atoms with Crippen molar-refractivity contribution >= 4 is 17.0 Å². The predicted octanol–water partition coefficient (Wildman–Crippen LogP) is 3.38. The topological polar surface area (TPSA) is 51.8 Å². The number of rotatable bonds is 3. The van der Waals surface area contributed by atoms with Gasteiger partial charge in [0.1, 0.15) is 0 Å². The summed E-state index contributed by atoms with van der Waals surface area (Å²) in [5.41, 5.74) is 9.91. The number of thiazole rings is 1. The summed E-state index contributed by atoms with van der Waals surface area (Å²) in [6, 6.07) is 11.8. The third-order valence-corrected chi connectivity index (χ3v) is 3.74. The Kier molecular flexibility index (Phi) is 3.25. The van der Waals surface area contributed by atoms with Gasteiger partial charge in [-0.15, -0.1) is 11.3 Å². The summed E-state index contributed by atoms with van der Waals surface area (Å²) >= 11 is 1.66. The first kappa shape index (κ1) is 11.9. The molecule has 0 aliphatic heterocycles. The Labute approximate surface area is 115 Å². The molecular weight excluding hydrogens is 254 g/mol. The smallest absolute Gasteiger partial charge is 0.0976 e. The van der Waals surface area contributed by atoms with Crippen molar-refractivity contribution in [3.05, 3.63) is 64.7 Å². The molecule has 0 fully saturated rings. The molecule has 3 aromatic rings. The van der Waals surface area contributed by atoms with Crippen molar-refractivity contribution in [2.45, 2.75) is 6.42 Å². The Bertz CT molecular complexity index is 677. The third-order valence-electron chi connectivity index (χ3n) is 2.89. The molecule has 3 rings (SSSR count). The molecule has 2 aromatic heterocycles. The maximum atomic E-state index is 5.97. The fraction of sp³-hybridized carbons (Fsp3) is 0.0667. The average Bonchev–Trinajstić information content (AvgIpc) is 2.89. The van der Waals surface area contributed by atoms with Crippen LogP contribution >= 0.6 is 11.3 Å². The summed E-state index contributed by atoms with van der Waals surface area (Å²) in [6.07, 6.45) is 4.44. The van der Waals surface area contributed by atoms with Crippen molar-refractivity contribution in [3.63, 3.8) is 0 Å². The van der Waals surface area contributed by atoms with Gasteiger partial charge in [0, 0.05) is 35.4 Å². The summed E-state index contributed by atoms with van der Waals surface area (Å²) in [5.74, 6) is 0. The maximum absolute atomic E-state index is 5.97. The van der Waals surface area contributed by atoms with E-state index in [1.807, 2.05) is 36.4 Å². The zero-order valence-corrected chi connectivity index (χ0v) is 11.1. The quantitative estimate of drug-likeness (QED) is 0.740. The number of para-hydroxylation sites is 1. The molecule has 0 spiro atoms. The lowest BCUT2D eigenvalue weighted by atomic mass is 10.1. The zero-order valence-electron chi connectivity index (χ0n) is 10.3. The van der Waals surface area contributed by atoms with E-state index in [4.69, 9.17) is 5.73 Å². The Morgan fingerprint density at radius 1 is 1.05 bits per heavy atom. The molecule has 0 radical (unpaired) electrons. The summed E-state index contributed by atoms with van der Waals surface area (Å²) in [5, 5.41) is 3.15. The highest BCUT2D eigenvalue weighted by molar-refractivity contribution is 7.10. The van der Waals surface area contributed by atoms with Crippen LogP contribution in [0.5, 0.6) is 0 Å². The van der Waals surface area contributed by atoms with E-state index in [1.54, 1.807) is 23.7 Å². The van der Waals surface area contributed by atoms with Crippen LogP contribution in [-0.2, 0) is 6.42 Å². The molecule has 0 aliphatic rings. The van der Waals surface area contributed by atoms with E-state index in [-0.39, 0.29) is 0 Å². The van der Waals surface area contributed by atoms with Crippen LogP contribution in [0, 0.1) is 0 Å². The van der Waals surface area contributed by atoms with Crippen LogP contribution in [0.3, 0.4) is 0 Å². The zero-order chi connectivity index (χ0) is 13.1. The first-order valence-electron chi connectivity index (χ1n) is 6.01. The molecule has 0 saturated heterocycles. The monoisotopic (exact) mass is 267 g/mol. The van der Waals surface area contributed by atoms with Crippen LogP contribution in [-0.4, -0.2) is 9.97 Å². The summed E-state index contributed by atoms with van der Waals surface area (Å²) < 4.78 is 0. The molecule has 3 nitrogen and oxygen atoms in total. The first-order valence-corrected chi connectivity index (χ1v) is 6.89. The molecule has 0 atom stereocenters. The van der Waals surface area contributed by atoms with Crippen molar-refractivity contribution in [3.8, 4) is 11.3 Å². The van der Waals surface area contributed by atoms with Gasteiger partial charge in [-0.1, -0.05) is 18.2 Å². The Morgan fingerprint density at radius 3 is 2.63 bits per heavy atom. The minimum Gasteiger partial charge on any atom is -0.398 e. The van der Waals surface area contributed by atoms with Gasteiger partial charge in [-0.2, -0.15) is 0 Å². The van der Waals surface area contributed by atoms with Crippen LogP contribution in [0.15, 0.2) is 54.2 Å². The van der Waals surface area contributed by atoms with Crippen LogP contribution in [0.4, 0.5) is 5.69 Å². The minimum atomic E-state index is 0.767. The van der Waals surface area contributed by atoms with Gasteiger partial charge in [0.25, 0.3) is 0 Å². The minimum absolute atomic E-state index is 0.767. The van der Waals surface area contributed by atoms with Crippen LogP contribution in [0.2, 0.25) is 0 Å². The Balaban J connectivity index is 1.86. The van der Waals surface area contributed by atoms with E-state index in [1.165, 1.54) is 5.56 Å². The fourth-order valence-electron chi connectivity index (χ4n) is 1.92. The van der Waals surface area contributed by atoms with Gasteiger partial charge in [0.05, 0.1) is 10.7 Å². The van der Waals surface area contributed by atoms with Gasteiger partial charge in [-0.25, -0.2) is 4.98 Å². The van der Waals surface area contributed by atoms with E-state index in [9.17, 15) is 0 Å². The largest absolute Gasteiger partial charge is 0.398 e. The molecule has 0 unspecified atom stereocenters. The lowest BCUT2D eigenvalue weighted by Crippen LogP contribution is -1.91. The SMILES string of the molecule is Nc1ccccc1-c1csc(Cc2ccncc2)n1. The van der Waals surface area contributed by atoms with Gasteiger partial charge >= 0.3 is 0 Å². The first-order chi connectivity index (χ1) is 9.33. The number of hydrogen-bond donors (Lipinski definition) is 1. The molecule has 0 saturated carbocycles. The number of anilines is 1. The number of nitrogens with two attached hydrogens (primary N) is 1. The lowest BCUT2D eigenvalue weighted by Gasteiger charge is -2.00. The van der Waals surface area contributed by atoms with E-state index < -0.39 is 0 Å². The summed E-state index contributed by atoms with van der Waals surface area (Å²) in [4.78, 5) is 8.67. The number of benzene rings is 1. The van der Waals surface area contributed by atoms with Gasteiger partial charge < -0.3 is 5.73 Å². The van der Waals surface area contributed by atoms with Crippen LogP contribution < -0.4 is 5.73 Å². The van der Waals surface area contributed by atoms with E-state index in [0.717, 1.165) is 28.4 Å². The molecule has 19 heavy (non-hydrogen) atoms. The summed E-state index contributed by atoms with van der Waals surface area (Å²) in [6.45, 7) is 0. The van der Waals surface area contributed by atoms with Gasteiger partial charge in [-0.05, 0) is 23.8 Å². The van der Waals surface area contributed by atoms with E-state index >= 15 is 0 Å². The fourth-order valence-corrected chi connectivity index (χ4v) is 2.75. The van der Waals surface area contributed by atoms with Gasteiger partial charge in [0.2, 0.25) is 0 Å². The number of hydrogen-bond acceptors (Lipinski definition) is 4. The molecule has 0 amide bonds. The van der Waals surface area contributed by atoms with E-state index in [0.29, 0.717) is 0 Å². The second-order valence-corrected chi connectivity index (χ2v) is 5.19. The number of nitrogen functional groups attached to an aromatic ring is 1. The molecule has 2 N–H and O–H groups in total. The number of pyridine rings is 1. The van der Waals surface area contributed by atoms with Crippen LogP contribution in [0.1, 0.15) is 10.6 Å². The standard InChI is InChI=1S/C15H13N3S/c16-13-4-2-1-3-12(13)14-10-19-15(18-14)9-11-5-7-17-8-6-11/h1-8,10H,9,16H2. The third kappa shape index (κ3) is 2.63. The second kappa shape index (κ2) is 5.20. The maximum Gasteiger partial charge on any atom is 0.0976 e. The lowest BCUT2D eigenvalue weighted by molar-refractivity contribution is 1.12. The Hall–Kier alpha value is -2.20. The molecule has 0 bridgehead atoms. The van der Waals surface area contributed by atoms with Gasteiger partial charge in [0.15, 0.2) is 0 Å². The highest BCUT2D eigenvalue weighted by atomic mass is 32.1.